The van der Waals surface area contributed by atoms with Gasteiger partial charge in [0.25, 0.3) is 5.56 Å². The monoisotopic (exact) mass is 361 g/mol. The number of rotatable bonds is 2. The van der Waals surface area contributed by atoms with Gasteiger partial charge in [-0.15, -0.1) is 0 Å². The molecular formula is C10H6Br2FN3O. The first-order chi connectivity index (χ1) is 8.08. The molecule has 0 radical (unpaired) electrons. The fraction of sp³-hybridized carbons (Fsp3) is 0. The summed E-state index contributed by atoms with van der Waals surface area (Å²) in [4.78, 5) is 17.6. The second-order valence-electron chi connectivity index (χ2n) is 3.14. The molecule has 0 amide bonds. The number of anilines is 2. The van der Waals surface area contributed by atoms with Crippen LogP contribution >= 0.6 is 31.9 Å². The number of hydrogen-bond donors (Lipinski definition) is 2. The molecule has 1 aromatic heterocycles. The van der Waals surface area contributed by atoms with E-state index in [1.807, 2.05) is 0 Å². The number of hydrogen-bond acceptors (Lipinski definition) is 3. The number of nitrogens with zero attached hydrogens (tertiary/aromatic N) is 1. The Bertz CT molecular complexity index is 615. The molecule has 1 aromatic carbocycles. The maximum Gasteiger partial charge on any atom is 0.267 e. The zero-order chi connectivity index (χ0) is 12.4. The Balaban J connectivity index is 2.38. The molecule has 1 heterocycles. The van der Waals surface area contributed by atoms with Gasteiger partial charge in [0.15, 0.2) is 5.82 Å². The van der Waals surface area contributed by atoms with Gasteiger partial charge >= 0.3 is 0 Å². The molecule has 0 fully saturated rings. The topological polar surface area (TPSA) is 57.8 Å². The molecule has 17 heavy (non-hydrogen) atoms. The second kappa shape index (κ2) is 4.97. The van der Waals surface area contributed by atoms with Crippen molar-refractivity contribution in [1.82, 2.24) is 9.97 Å². The number of aromatic amines is 1. The van der Waals surface area contributed by atoms with Crippen LogP contribution in [0.4, 0.5) is 15.9 Å². The van der Waals surface area contributed by atoms with Gasteiger partial charge in [-0.1, -0.05) is 15.9 Å². The van der Waals surface area contributed by atoms with Crippen molar-refractivity contribution in [2.24, 2.45) is 0 Å². The molecule has 0 atom stereocenters. The zero-order valence-electron chi connectivity index (χ0n) is 8.30. The van der Waals surface area contributed by atoms with Crippen LogP contribution in [0.5, 0.6) is 0 Å². The molecule has 2 N–H and O–H groups in total. The molecule has 0 aliphatic carbocycles. The van der Waals surface area contributed by atoms with Crippen molar-refractivity contribution in [3.8, 4) is 0 Å². The van der Waals surface area contributed by atoms with Gasteiger partial charge in [-0.05, 0) is 34.1 Å². The van der Waals surface area contributed by atoms with Gasteiger partial charge in [-0.25, -0.2) is 9.37 Å². The summed E-state index contributed by atoms with van der Waals surface area (Å²) < 4.78 is 14.4. The van der Waals surface area contributed by atoms with Gasteiger partial charge in [0, 0.05) is 4.47 Å². The maximum atomic E-state index is 13.5. The third-order valence-electron chi connectivity index (χ3n) is 1.98. The average Bonchev–Trinajstić information content (AvgIpc) is 2.28. The lowest BCUT2D eigenvalue weighted by atomic mass is 10.3. The fourth-order valence-electron chi connectivity index (χ4n) is 1.19. The number of benzene rings is 1. The quantitative estimate of drug-likeness (QED) is 0.862. The highest BCUT2D eigenvalue weighted by Gasteiger charge is 2.08. The SMILES string of the molecule is O=c1[nH]cnc(Nc2ccc(Br)cc2F)c1Br. The normalized spacial score (nSPS) is 10.3. The number of nitrogens with one attached hydrogen (secondary N) is 2. The van der Waals surface area contributed by atoms with E-state index < -0.39 is 5.82 Å². The highest BCUT2D eigenvalue weighted by Crippen LogP contribution is 2.24. The lowest BCUT2D eigenvalue weighted by Crippen LogP contribution is -2.10. The van der Waals surface area contributed by atoms with E-state index in [2.05, 4.69) is 47.1 Å². The first-order valence-corrected chi connectivity index (χ1v) is 6.12. The molecule has 0 aliphatic heterocycles. The number of halogens is 3. The summed E-state index contributed by atoms with van der Waals surface area (Å²) in [6.45, 7) is 0. The number of H-pyrrole nitrogens is 1. The second-order valence-corrected chi connectivity index (χ2v) is 4.85. The van der Waals surface area contributed by atoms with E-state index in [0.29, 0.717) is 4.47 Å². The minimum atomic E-state index is -0.437. The third kappa shape index (κ3) is 2.73. The van der Waals surface area contributed by atoms with Crippen LogP contribution in [0.1, 0.15) is 0 Å². The summed E-state index contributed by atoms with van der Waals surface area (Å²) in [6.07, 6.45) is 1.24. The van der Waals surface area contributed by atoms with Crippen molar-refractivity contribution < 1.29 is 4.39 Å². The van der Waals surface area contributed by atoms with Crippen LogP contribution in [-0.4, -0.2) is 9.97 Å². The summed E-state index contributed by atoms with van der Waals surface area (Å²) in [7, 11) is 0. The highest BCUT2D eigenvalue weighted by molar-refractivity contribution is 9.10. The summed E-state index contributed by atoms with van der Waals surface area (Å²) >= 11 is 6.24. The molecule has 0 saturated carbocycles. The van der Waals surface area contributed by atoms with Crippen molar-refractivity contribution >= 4 is 43.4 Å². The first kappa shape index (κ1) is 12.3. The van der Waals surface area contributed by atoms with Crippen molar-refractivity contribution in [1.29, 1.82) is 0 Å². The average molecular weight is 363 g/mol. The van der Waals surface area contributed by atoms with Gasteiger partial charge < -0.3 is 10.3 Å². The molecule has 2 rings (SSSR count). The molecule has 4 nitrogen and oxygen atoms in total. The Morgan fingerprint density at radius 1 is 1.35 bits per heavy atom. The predicted octanol–water partition coefficient (Wildman–Crippen LogP) is 3.18. The Morgan fingerprint density at radius 3 is 2.82 bits per heavy atom. The third-order valence-corrected chi connectivity index (χ3v) is 3.21. The molecule has 0 bridgehead atoms. The van der Waals surface area contributed by atoms with E-state index in [0.717, 1.165) is 0 Å². The zero-order valence-corrected chi connectivity index (χ0v) is 11.5. The smallest absolute Gasteiger partial charge is 0.267 e. The molecule has 0 saturated heterocycles. The van der Waals surface area contributed by atoms with Crippen LogP contribution in [0.25, 0.3) is 0 Å². The largest absolute Gasteiger partial charge is 0.337 e. The Labute approximate surface area is 113 Å². The minimum Gasteiger partial charge on any atom is -0.337 e. The van der Waals surface area contributed by atoms with Crippen LogP contribution in [0.3, 0.4) is 0 Å². The lowest BCUT2D eigenvalue weighted by Gasteiger charge is -2.07. The van der Waals surface area contributed by atoms with E-state index in [1.54, 1.807) is 12.1 Å². The van der Waals surface area contributed by atoms with Gasteiger partial charge in [0.05, 0.1) is 12.0 Å². The van der Waals surface area contributed by atoms with Gasteiger partial charge in [-0.2, -0.15) is 0 Å². The van der Waals surface area contributed by atoms with Crippen molar-refractivity contribution in [2.45, 2.75) is 0 Å². The van der Waals surface area contributed by atoms with Crippen molar-refractivity contribution in [3.63, 3.8) is 0 Å². The summed E-state index contributed by atoms with van der Waals surface area (Å²) in [5.41, 5.74) is -0.0907. The molecule has 2 aromatic rings. The van der Waals surface area contributed by atoms with Crippen LogP contribution in [0.15, 0.2) is 38.3 Å². The Morgan fingerprint density at radius 2 is 2.12 bits per heavy atom. The summed E-state index contributed by atoms with van der Waals surface area (Å²) in [5.74, 6) is -0.177. The molecule has 7 heteroatoms. The Kier molecular flexibility index (Phi) is 3.58. The summed E-state index contributed by atoms with van der Waals surface area (Å²) in [5, 5.41) is 2.73. The fourth-order valence-corrected chi connectivity index (χ4v) is 1.84. The van der Waals surface area contributed by atoms with E-state index in [4.69, 9.17) is 0 Å². The first-order valence-electron chi connectivity index (χ1n) is 4.53. The van der Waals surface area contributed by atoms with Crippen LogP contribution < -0.4 is 10.9 Å². The van der Waals surface area contributed by atoms with E-state index in [1.165, 1.54) is 12.4 Å². The minimum absolute atomic E-state index is 0.224. The summed E-state index contributed by atoms with van der Waals surface area (Å²) in [6, 6.07) is 4.56. The molecular weight excluding hydrogens is 357 g/mol. The number of aromatic nitrogens is 2. The predicted molar refractivity (Wildman–Crippen MR) is 69.9 cm³/mol. The van der Waals surface area contributed by atoms with Crippen LogP contribution in [-0.2, 0) is 0 Å². The van der Waals surface area contributed by atoms with Gasteiger partial charge in [0.2, 0.25) is 0 Å². The standard InChI is InChI=1S/C10H6Br2FN3O/c11-5-1-2-7(6(13)3-5)16-9-8(12)10(17)15-4-14-9/h1-4H,(H2,14,15,16,17). The van der Waals surface area contributed by atoms with E-state index in [9.17, 15) is 9.18 Å². The van der Waals surface area contributed by atoms with E-state index in [-0.39, 0.29) is 21.5 Å². The molecule has 88 valence electrons. The molecule has 0 spiro atoms. The van der Waals surface area contributed by atoms with Crippen LogP contribution in [0.2, 0.25) is 0 Å². The van der Waals surface area contributed by atoms with E-state index >= 15 is 0 Å². The maximum absolute atomic E-state index is 13.5. The Hall–Kier alpha value is -1.21. The van der Waals surface area contributed by atoms with Crippen LogP contribution in [0, 0.1) is 5.82 Å². The molecule has 0 unspecified atom stereocenters. The highest BCUT2D eigenvalue weighted by atomic mass is 79.9. The molecule has 0 aliphatic rings. The van der Waals surface area contributed by atoms with Gasteiger partial charge in [-0.3, -0.25) is 4.79 Å². The van der Waals surface area contributed by atoms with Gasteiger partial charge in [0.1, 0.15) is 10.3 Å². The lowest BCUT2D eigenvalue weighted by molar-refractivity contribution is 0.631. The van der Waals surface area contributed by atoms with Crippen molar-refractivity contribution in [3.05, 3.63) is 49.6 Å². The van der Waals surface area contributed by atoms with Crippen molar-refractivity contribution in [2.75, 3.05) is 5.32 Å².